The van der Waals surface area contributed by atoms with Crippen LogP contribution in [0.3, 0.4) is 0 Å². The first-order valence-corrected chi connectivity index (χ1v) is 11.5. The summed E-state index contributed by atoms with van der Waals surface area (Å²) in [6, 6.07) is 12.4. The summed E-state index contributed by atoms with van der Waals surface area (Å²) < 4.78 is 11.1. The third kappa shape index (κ3) is 5.55. The van der Waals surface area contributed by atoms with E-state index in [4.69, 9.17) is 32.7 Å². The maximum absolute atomic E-state index is 13.4. The lowest BCUT2D eigenvalue weighted by atomic mass is 9.73. The minimum atomic E-state index is -0.708. The molecule has 0 aromatic heterocycles. The van der Waals surface area contributed by atoms with Crippen LogP contribution >= 0.6 is 23.2 Å². The predicted octanol–water partition coefficient (Wildman–Crippen LogP) is 4.93. The van der Waals surface area contributed by atoms with Crippen LogP contribution in [0.15, 0.2) is 42.5 Å². The lowest BCUT2D eigenvalue weighted by Crippen LogP contribution is -2.44. The normalized spacial score (nSPS) is 15.1. The first-order chi connectivity index (χ1) is 15.4. The molecule has 0 atom stereocenters. The van der Waals surface area contributed by atoms with E-state index in [2.05, 4.69) is 5.32 Å². The zero-order valence-corrected chi connectivity index (χ0v) is 19.8. The second kappa shape index (κ2) is 11.0. The number of benzene rings is 2. The van der Waals surface area contributed by atoms with Crippen LogP contribution in [0, 0.1) is 0 Å². The summed E-state index contributed by atoms with van der Waals surface area (Å²) in [5, 5.41) is 3.94. The van der Waals surface area contributed by atoms with Gasteiger partial charge < -0.3 is 19.7 Å². The van der Waals surface area contributed by atoms with Crippen molar-refractivity contribution in [1.82, 2.24) is 4.90 Å². The van der Waals surface area contributed by atoms with Gasteiger partial charge in [0.1, 0.15) is 5.75 Å². The molecule has 3 rings (SSSR count). The number of nitrogens with one attached hydrogen (secondary N) is 1. The van der Waals surface area contributed by atoms with Crippen molar-refractivity contribution in [2.24, 2.45) is 0 Å². The van der Waals surface area contributed by atoms with Gasteiger partial charge in [-0.1, -0.05) is 35.3 Å². The van der Waals surface area contributed by atoms with E-state index in [0.29, 0.717) is 60.6 Å². The lowest BCUT2D eigenvalue weighted by Gasteiger charge is -2.36. The van der Waals surface area contributed by atoms with Gasteiger partial charge in [0.05, 0.1) is 10.4 Å². The molecule has 1 aliphatic heterocycles. The van der Waals surface area contributed by atoms with Crippen molar-refractivity contribution in [2.75, 3.05) is 38.2 Å². The molecule has 2 aromatic carbocycles. The molecule has 0 unspecified atom stereocenters. The molecule has 172 valence electrons. The van der Waals surface area contributed by atoms with E-state index in [1.54, 1.807) is 35.2 Å². The second-order valence-electron chi connectivity index (χ2n) is 7.66. The van der Waals surface area contributed by atoms with E-state index in [-0.39, 0.29) is 18.4 Å². The quantitative estimate of drug-likeness (QED) is 0.583. The molecule has 1 N–H and O–H groups in total. The maximum atomic E-state index is 13.4. The zero-order valence-electron chi connectivity index (χ0n) is 18.3. The van der Waals surface area contributed by atoms with E-state index in [1.807, 2.05) is 26.0 Å². The van der Waals surface area contributed by atoms with Crippen LogP contribution in [0.4, 0.5) is 5.69 Å². The minimum absolute atomic E-state index is 0.0905. The predicted molar refractivity (Wildman–Crippen MR) is 127 cm³/mol. The van der Waals surface area contributed by atoms with Crippen molar-refractivity contribution in [3.63, 3.8) is 0 Å². The van der Waals surface area contributed by atoms with E-state index >= 15 is 0 Å². The molecule has 1 heterocycles. The fourth-order valence-corrected chi connectivity index (χ4v) is 4.25. The number of hydrogen-bond acceptors (Lipinski definition) is 4. The summed E-state index contributed by atoms with van der Waals surface area (Å²) >= 11 is 12.4. The number of ether oxygens (including phenoxy) is 2. The Bertz CT molecular complexity index is 940. The molecule has 6 nitrogen and oxygen atoms in total. The Hall–Kier alpha value is -2.28. The third-order valence-corrected chi connectivity index (χ3v) is 6.38. The van der Waals surface area contributed by atoms with E-state index < -0.39 is 5.41 Å². The van der Waals surface area contributed by atoms with Gasteiger partial charge in [-0.15, -0.1) is 0 Å². The Kier molecular flexibility index (Phi) is 8.40. The Morgan fingerprint density at radius 1 is 1.06 bits per heavy atom. The molecule has 8 heteroatoms. The maximum Gasteiger partial charge on any atom is 0.260 e. The first kappa shape index (κ1) is 24.4. The standard InChI is InChI=1S/C24H28Cl2N2O4/c1-3-28(4-2)22(29)16-32-21-10-9-19(15-20(21)26)27-23(30)24(11-13-31-14-12-24)17-5-7-18(25)8-6-17/h5-10,15H,3-4,11-14,16H2,1-2H3,(H,27,30). The number of likely N-dealkylation sites (N-methyl/N-ethyl adjacent to an activating group) is 1. The molecule has 2 aromatic rings. The van der Waals surface area contributed by atoms with Crippen LogP contribution in [-0.2, 0) is 19.7 Å². The molecular formula is C24H28Cl2N2O4. The summed E-state index contributed by atoms with van der Waals surface area (Å²) in [6.07, 6.45) is 1.14. The van der Waals surface area contributed by atoms with Crippen LogP contribution in [-0.4, -0.2) is 49.6 Å². The van der Waals surface area contributed by atoms with Crippen molar-refractivity contribution >= 4 is 40.7 Å². The minimum Gasteiger partial charge on any atom is -0.482 e. The average Bonchev–Trinajstić information content (AvgIpc) is 2.80. The van der Waals surface area contributed by atoms with E-state index in [1.165, 1.54) is 0 Å². The van der Waals surface area contributed by atoms with Crippen LogP contribution in [0.1, 0.15) is 32.3 Å². The first-order valence-electron chi connectivity index (χ1n) is 10.7. The largest absolute Gasteiger partial charge is 0.482 e. The van der Waals surface area contributed by atoms with Gasteiger partial charge in [-0.3, -0.25) is 9.59 Å². The number of nitrogens with zero attached hydrogens (tertiary/aromatic N) is 1. The highest BCUT2D eigenvalue weighted by atomic mass is 35.5. The van der Waals surface area contributed by atoms with Crippen LogP contribution in [0.2, 0.25) is 10.0 Å². The van der Waals surface area contributed by atoms with Gasteiger partial charge in [-0.25, -0.2) is 0 Å². The topological polar surface area (TPSA) is 67.9 Å². The lowest BCUT2D eigenvalue weighted by molar-refractivity contribution is -0.133. The number of amides is 2. The molecule has 32 heavy (non-hydrogen) atoms. The number of anilines is 1. The molecule has 0 aliphatic carbocycles. The average molecular weight is 479 g/mol. The summed E-state index contributed by atoms with van der Waals surface area (Å²) in [5.41, 5.74) is 0.756. The number of carbonyl (C=O) groups is 2. The van der Waals surface area contributed by atoms with Gasteiger partial charge in [0.25, 0.3) is 5.91 Å². The highest BCUT2D eigenvalue weighted by Gasteiger charge is 2.41. The van der Waals surface area contributed by atoms with Crippen LogP contribution in [0.25, 0.3) is 0 Å². The molecule has 1 aliphatic rings. The van der Waals surface area contributed by atoms with Gasteiger partial charge in [0.2, 0.25) is 5.91 Å². The number of halogens is 2. The molecule has 0 spiro atoms. The van der Waals surface area contributed by atoms with Gasteiger partial charge in [0.15, 0.2) is 6.61 Å². The molecule has 1 saturated heterocycles. The molecule has 1 fully saturated rings. The summed E-state index contributed by atoms with van der Waals surface area (Å²) in [4.78, 5) is 27.2. The fraction of sp³-hybridized carbons (Fsp3) is 0.417. The van der Waals surface area contributed by atoms with E-state index in [0.717, 1.165) is 5.56 Å². The second-order valence-corrected chi connectivity index (χ2v) is 8.50. The molecule has 0 radical (unpaired) electrons. The highest BCUT2D eigenvalue weighted by molar-refractivity contribution is 6.32. The molecule has 2 amide bonds. The Morgan fingerprint density at radius 3 is 2.31 bits per heavy atom. The van der Waals surface area contributed by atoms with Gasteiger partial charge >= 0.3 is 0 Å². The fourth-order valence-electron chi connectivity index (χ4n) is 3.89. The Labute approximate surface area is 198 Å². The van der Waals surface area contributed by atoms with Crippen molar-refractivity contribution in [3.05, 3.63) is 58.1 Å². The SMILES string of the molecule is CCN(CC)C(=O)COc1ccc(NC(=O)C2(c3ccc(Cl)cc3)CCOCC2)cc1Cl. The van der Waals surface area contributed by atoms with Crippen molar-refractivity contribution in [2.45, 2.75) is 32.1 Å². The molecular weight excluding hydrogens is 451 g/mol. The van der Waals surface area contributed by atoms with E-state index in [9.17, 15) is 9.59 Å². The molecule has 0 bridgehead atoms. The number of hydrogen-bond donors (Lipinski definition) is 1. The highest BCUT2D eigenvalue weighted by Crippen LogP contribution is 2.37. The van der Waals surface area contributed by atoms with Crippen LogP contribution in [0.5, 0.6) is 5.75 Å². The third-order valence-electron chi connectivity index (χ3n) is 5.83. The van der Waals surface area contributed by atoms with Gasteiger partial charge in [-0.2, -0.15) is 0 Å². The van der Waals surface area contributed by atoms with Gasteiger partial charge in [-0.05, 0) is 62.6 Å². The summed E-state index contributed by atoms with van der Waals surface area (Å²) in [5.74, 6) is 0.168. The zero-order chi connectivity index (χ0) is 23.1. The Morgan fingerprint density at radius 2 is 1.72 bits per heavy atom. The van der Waals surface area contributed by atoms with Crippen molar-refractivity contribution in [3.8, 4) is 5.75 Å². The number of carbonyl (C=O) groups excluding carboxylic acids is 2. The van der Waals surface area contributed by atoms with Crippen molar-refractivity contribution < 1.29 is 19.1 Å². The van der Waals surface area contributed by atoms with Gasteiger partial charge in [0, 0.05) is 37.0 Å². The van der Waals surface area contributed by atoms with Crippen LogP contribution < -0.4 is 10.1 Å². The smallest absolute Gasteiger partial charge is 0.260 e. The van der Waals surface area contributed by atoms with Crippen molar-refractivity contribution in [1.29, 1.82) is 0 Å². The summed E-state index contributed by atoms with van der Waals surface area (Å²) in [7, 11) is 0. The Balaban J connectivity index is 1.73. The number of rotatable bonds is 8. The molecule has 0 saturated carbocycles. The monoisotopic (exact) mass is 478 g/mol. The summed E-state index contributed by atoms with van der Waals surface area (Å²) in [6.45, 7) is 6.00.